The molecule has 3 aromatic carbocycles. The molecule has 178 valence electrons. The van der Waals surface area contributed by atoms with E-state index in [0.29, 0.717) is 23.3 Å². The monoisotopic (exact) mass is 465 g/mol. The second-order valence-corrected chi connectivity index (χ2v) is 9.27. The predicted molar refractivity (Wildman–Crippen MR) is 143 cm³/mol. The fourth-order valence-electron chi connectivity index (χ4n) is 4.25. The average molecular weight is 466 g/mol. The van der Waals surface area contributed by atoms with Crippen molar-refractivity contribution in [2.45, 2.75) is 33.7 Å². The van der Waals surface area contributed by atoms with E-state index in [1.165, 1.54) is 0 Å². The minimum Gasteiger partial charge on any atom is -0.329 e. The van der Waals surface area contributed by atoms with Crippen LogP contribution in [0.5, 0.6) is 0 Å². The molecule has 0 aliphatic rings. The molecule has 0 bridgehead atoms. The lowest BCUT2D eigenvalue weighted by atomic mass is 10.1. The molecule has 5 heteroatoms. The maximum Gasteiger partial charge on any atom is 0.266 e. The van der Waals surface area contributed by atoms with Crippen LogP contribution >= 0.6 is 0 Å². The van der Waals surface area contributed by atoms with Crippen molar-refractivity contribution in [2.75, 3.05) is 6.54 Å². The van der Waals surface area contributed by atoms with E-state index < -0.39 is 6.04 Å². The molecule has 35 heavy (non-hydrogen) atoms. The van der Waals surface area contributed by atoms with Gasteiger partial charge in [-0.05, 0) is 61.2 Å². The van der Waals surface area contributed by atoms with Gasteiger partial charge in [-0.25, -0.2) is 4.98 Å². The zero-order valence-electron chi connectivity index (χ0n) is 20.7. The zero-order valence-corrected chi connectivity index (χ0v) is 20.7. The van der Waals surface area contributed by atoms with Gasteiger partial charge >= 0.3 is 0 Å². The summed E-state index contributed by atoms with van der Waals surface area (Å²) in [6.45, 7) is 8.63. The lowest BCUT2D eigenvalue weighted by Crippen LogP contribution is -2.38. The minimum atomic E-state index is -0.428. The van der Waals surface area contributed by atoms with Crippen molar-refractivity contribution in [1.29, 1.82) is 0 Å². The second kappa shape index (κ2) is 10.5. The van der Waals surface area contributed by atoms with E-state index in [-0.39, 0.29) is 17.4 Å². The molecular formula is C30H31N3O2. The van der Waals surface area contributed by atoms with Gasteiger partial charge in [-0.1, -0.05) is 68.4 Å². The van der Waals surface area contributed by atoms with Gasteiger partial charge in [0.1, 0.15) is 5.82 Å². The SMILES string of the molecule is Cc1cccc(-n2c(C(C)N(CC(C)C)C(=O)C=Cc3ccccc3)nc3ccccc3c2=O)c1. The molecule has 0 spiro atoms. The van der Waals surface area contributed by atoms with Crippen LogP contribution in [0.4, 0.5) is 0 Å². The van der Waals surface area contributed by atoms with Crippen LogP contribution in [0, 0.1) is 12.8 Å². The normalized spacial score (nSPS) is 12.4. The van der Waals surface area contributed by atoms with E-state index in [9.17, 15) is 9.59 Å². The highest BCUT2D eigenvalue weighted by molar-refractivity contribution is 5.92. The van der Waals surface area contributed by atoms with Crippen LogP contribution in [-0.2, 0) is 4.79 Å². The topological polar surface area (TPSA) is 55.2 Å². The Balaban J connectivity index is 1.84. The van der Waals surface area contributed by atoms with Crippen molar-refractivity contribution in [3.05, 3.63) is 112 Å². The average Bonchev–Trinajstić information content (AvgIpc) is 2.86. The summed E-state index contributed by atoms with van der Waals surface area (Å²) in [6, 6.07) is 24.5. The molecule has 1 amide bonds. The van der Waals surface area contributed by atoms with Crippen molar-refractivity contribution in [3.8, 4) is 5.69 Å². The summed E-state index contributed by atoms with van der Waals surface area (Å²) in [6.07, 6.45) is 3.42. The Morgan fingerprint density at radius 1 is 0.971 bits per heavy atom. The van der Waals surface area contributed by atoms with E-state index in [4.69, 9.17) is 4.98 Å². The molecule has 0 aliphatic carbocycles. The molecule has 4 aromatic rings. The molecule has 1 aromatic heterocycles. The maximum absolute atomic E-state index is 13.7. The first kappa shape index (κ1) is 24.1. The van der Waals surface area contributed by atoms with Crippen LogP contribution < -0.4 is 5.56 Å². The van der Waals surface area contributed by atoms with Crippen molar-refractivity contribution < 1.29 is 4.79 Å². The van der Waals surface area contributed by atoms with Crippen molar-refractivity contribution in [1.82, 2.24) is 14.5 Å². The number of para-hydroxylation sites is 1. The molecule has 0 saturated carbocycles. The number of hydrogen-bond acceptors (Lipinski definition) is 3. The van der Waals surface area contributed by atoms with Gasteiger partial charge in [0.2, 0.25) is 5.91 Å². The van der Waals surface area contributed by atoms with Gasteiger partial charge in [-0.3, -0.25) is 14.2 Å². The molecule has 4 rings (SSSR count). The number of aryl methyl sites for hydroxylation is 1. The molecule has 0 saturated heterocycles. The van der Waals surface area contributed by atoms with E-state index in [1.807, 2.05) is 92.7 Å². The van der Waals surface area contributed by atoms with Crippen LogP contribution in [0.2, 0.25) is 0 Å². The smallest absolute Gasteiger partial charge is 0.266 e. The van der Waals surface area contributed by atoms with Gasteiger partial charge in [0.05, 0.1) is 22.6 Å². The number of nitrogens with zero attached hydrogens (tertiary/aromatic N) is 3. The van der Waals surface area contributed by atoms with Gasteiger partial charge in [0.15, 0.2) is 0 Å². The number of amides is 1. The number of hydrogen-bond donors (Lipinski definition) is 0. The van der Waals surface area contributed by atoms with Gasteiger partial charge in [-0.2, -0.15) is 0 Å². The molecule has 0 fully saturated rings. The molecule has 0 aliphatic heterocycles. The lowest BCUT2D eigenvalue weighted by Gasteiger charge is -2.31. The van der Waals surface area contributed by atoms with Crippen LogP contribution in [-0.4, -0.2) is 26.9 Å². The third-order valence-electron chi connectivity index (χ3n) is 5.97. The minimum absolute atomic E-state index is 0.117. The second-order valence-electron chi connectivity index (χ2n) is 9.27. The molecule has 1 unspecified atom stereocenters. The van der Waals surface area contributed by atoms with Crippen LogP contribution in [0.3, 0.4) is 0 Å². The van der Waals surface area contributed by atoms with Crippen molar-refractivity contribution in [2.24, 2.45) is 5.92 Å². The molecule has 0 radical (unpaired) electrons. The number of aromatic nitrogens is 2. The highest BCUT2D eigenvalue weighted by atomic mass is 16.2. The number of carbonyl (C=O) groups excluding carboxylic acids is 1. The number of fused-ring (bicyclic) bond motifs is 1. The molecular weight excluding hydrogens is 434 g/mol. The Labute approximate surface area is 206 Å². The first-order chi connectivity index (χ1) is 16.8. The first-order valence-electron chi connectivity index (χ1n) is 12.0. The maximum atomic E-state index is 13.7. The summed E-state index contributed by atoms with van der Waals surface area (Å²) in [5, 5.41) is 0.552. The van der Waals surface area contributed by atoms with Crippen molar-refractivity contribution in [3.63, 3.8) is 0 Å². The Hall–Kier alpha value is -3.99. The van der Waals surface area contributed by atoms with Crippen LogP contribution in [0.15, 0.2) is 89.7 Å². The molecule has 0 N–H and O–H groups in total. The summed E-state index contributed by atoms with van der Waals surface area (Å²) in [5.74, 6) is 0.667. The summed E-state index contributed by atoms with van der Waals surface area (Å²) < 4.78 is 1.65. The lowest BCUT2D eigenvalue weighted by molar-refractivity contribution is -0.128. The van der Waals surface area contributed by atoms with Crippen LogP contribution in [0.1, 0.15) is 43.8 Å². The van der Waals surface area contributed by atoms with Gasteiger partial charge < -0.3 is 4.90 Å². The Morgan fingerprint density at radius 3 is 2.40 bits per heavy atom. The quantitative estimate of drug-likeness (QED) is 0.317. The molecule has 5 nitrogen and oxygen atoms in total. The summed E-state index contributed by atoms with van der Waals surface area (Å²) in [4.78, 5) is 33.9. The molecule has 1 atom stereocenters. The van der Waals surface area contributed by atoms with Crippen molar-refractivity contribution >= 4 is 22.9 Å². The Bertz CT molecular complexity index is 1420. The van der Waals surface area contributed by atoms with Gasteiger partial charge in [0, 0.05) is 12.6 Å². The Kier molecular flexibility index (Phi) is 7.25. The Morgan fingerprint density at radius 2 is 1.69 bits per heavy atom. The fourth-order valence-corrected chi connectivity index (χ4v) is 4.25. The van der Waals surface area contributed by atoms with E-state index >= 15 is 0 Å². The van der Waals surface area contributed by atoms with Gasteiger partial charge in [-0.15, -0.1) is 0 Å². The highest BCUT2D eigenvalue weighted by Crippen LogP contribution is 2.24. The number of rotatable bonds is 7. The predicted octanol–water partition coefficient (Wildman–Crippen LogP) is 5.95. The molecule has 1 heterocycles. The standard InChI is InChI=1S/C30H31N3O2/c1-21(2)20-32(28(34)18-17-24-12-6-5-7-13-24)23(4)29-31-27-16-9-8-15-26(27)30(35)33(29)25-14-10-11-22(3)19-25/h5-19,21,23H,20H2,1-4H3. The first-order valence-corrected chi connectivity index (χ1v) is 12.0. The van der Waals surface area contributed by atoms with Crippen LogP contribution in [0.25, 0.3) is 22.7 Å². The summed E-state index contributed by atoms with van der Waals surface area (Å²) >= 11 is 0. The highest BCUT2D eigenvalue weighted by Gasteiger charge is 2.26. The zero-order chi connectivity index (χ0) is 24.9. The fraction of sp³-hybridized carbons (Fsp3) is 0.233. The summed E-state index contributed by atoms with van der Waals surface area (Å²) in [7, 11) is 0. The number of carbonyl (C=O) groups is 1. The third-order valence-corrected chi connectivity index (χ3v) is 5.97. The largest absolute Gasteiger partial charge is 0.329 e. The van der Waals surface area contributed by atoms with E-state index in [2.05, 4.69) is 13.8 Å². The van der Waals surface area contributed by atoms with E-state index in [0.717, 1.165) is 16.8 Å². The third kappa shape index (κ3) is 5.40. The number of benzene rings is 3. The van der Waals surface area contributed by atoms with Gasteiger partial charge in [0.25, 0.3) is 5.56 Å². The summed E-state index contributed by atoms with van der Waals surface area (Å²) in [5.41, 5.74) is 3.23. The van der Waals surface area contributed by atoms with E-state index in [1.54, 1.807) is 21.6 Å².